The molecule has 0 aromatic carbocycles. The fourth-order valence-electron chi connectivity index (χ4n) is 0.141. The van der Waals surface area contributed by atoms with Crippen LogP contribution in [0.15, 0.2) is 0 Å². The van der Waals surface area contributed by atoms with Gasteiger partial charge in [0.1, 0.15) is 0 Å². The quantitative estimate of drug-likeness (QED) is 0.561. The standard InChI is InChI=1S/C4H8ClO2S/c1-3-4(2)8(5,6)7/h4H,1,3H2,2H3. The van der Waals surface area contributed by atoms with E-state index in [0.29, 0.717) is 6.42 Å². The van der Waals surface area contributed by atoms with Crippen LogP contribution in [0, 0.1) is 6.92 Å². The van der Waals surface area contributed by atoms with Gasteiger partial charge < -0.3 is 0 Å². The average Bonchev–Trinajstić information content (AvgIpc) is 1.62. The summed E-state index contributed by atoms with van der Waals surface area (Å²) in [6.45, 7) is 4.91. The van der Waals surface area contributed by atoms with Crippen LogP contribution in [0.25, 0.3) is 0 Å². The number of hydrogen-bond donors (Lipinski definition) is 0. The van der Waals surface area contributed by atoms with E-state index in [0.717, 1.165) is 0 Å². The lowest BCUT2D eigenvalue weighted by molar-refractivity contribution is 0.598. The van der Waals surface area contributed by atoms with E-state index < -0.39 is 14.3 Å². The van der Waals surface area contributed by atoms with Crippen molar-refractivity contribution in [3.05, 3.63) is 6.92 Å². The summed E-state index contributed by atoms with van der Waals surface area (Å²) in [6.07, 6.45) is 0.325. The maximum Gasteiger partial charge on any atom is 0.235 e. The minimum absolute atomic E-state index is 0.325. The molecule has 0 amide bonds. The Morgan fingerprint density at radius 2 is 2.12 bits per heavy atom. The lowest BCUT2D eigenvalue weighted by Crippen LogP contribution is -2.08. The zero-order valence-corrected chi connectivity index (χ0v) is 6.17. The second-order valence-corrected chi connectivity index (χ2v) is 4.62. The zero-order chi connectivity index (χ0) is 6.78. The van der Waals surface area contributed by atoms with Crippen LogP contribution in [0.4, 0.5) is 0 Å². The van der Waals surface area contributed by atoms with Gasteiger partial charge in [-0.25, -0.2) is 8.42 Å². The van der Waals surface area contributed by atoms with E-state index >= 15 is 0 Å². The molecule has 0 saturated heterocycles. The van der Waals surface area contributed by atoms with Crippen LogP contribution in [-0.2, 0) is 9.05 Å². The minimum atomic E-state index is -3.34. The Morgan fingerprint density at radius 3 is 2.12 bits per heavy atom. The maximum atomic E-state index is 10.3. The Kier molecular flexibility index (Phi) is 2.77. The van der Waals surface area contributed by atoms with E-state index in [1.54, 1.807) is 0 Å². The van der Waals surface area contributed by atoms with Gasteiger partial charge in [-0.05, 0) is 13.3 Å². The van der Waals surface area contributed by atoms with Crippen LogP contribution in [0.5, 0.6) is 0 Å². The highest BCUT2D eigenvalue weighted by molar-refractivity contribution is 8.14. The fourth-order valence-corrected chi connectivity index (χ4v) is 0.690. The summed E-state index contributed by atoms with van der Waals surface area (Å²) in [5.41, 5.74) is 0. The van der Waals surface area contributed by atoms with E-state index in [4.69, 9.17) is 10.7 Å². The van der Waals surface area contributed by atoms with E-state index in [9.17, 15) is 8.42 Å². The molecule has 1 atom stereocenters. The summed E-state index contributed by atoms with van der Waals surface area (Å²) in [5.74, 6) is 0. The fraction of sp³-hybridized carbons (Fsp3) is 0.750. The van der Waals surface area contributed by atoms with Gasteiger partial charge in [-0.2, -0.15) is 0 Å². The third-order valence-corrected chi connectivity index (χ3v) is 3.00. The summed E-state index contributed by atoms with van der Waals surface area (Å²) in [7, 11) is 1.57. The van der Waals surface area contributed by atoms with Crippen molar-refractivity contribution in [2.45, 2.75) is 18.6 Å². The zero-order valence-electron chi connectivity index (χ0n) is 4.59. The molecule has 0 N–H and O–H groups in total. The van der Waals surface area contributed by atoms with Gasteiger partial charge in [-0.3, -0.25) is 0 Å². The van der Waals surface area contributed by atoms with Gasteiger partial charge in [0.25, 0.3) is 0 Å². The molecule has 0 bridgehead atoms. The van der Waals surface area contributed by atoms with Gasteiger partial charge in [0.15, 0.2) is 0 Å². The molecule has 1 radical (unpaired) electrons. The van der Waals surface area contributed by atoms with E-state index in [1.807, 2.05) is 0 Å². The summed E-state index contributed by atoms with van der Waals surface area (Å²) in [6, 6.07) is 0. The summed E-state index contributed by atoms with van der Waals surface area (Å²) in [5, 5.41) is -0.524. The summed E-state index contributed by atoms with van der Waals surface area (Å²) in [4.78, 5) is 0. The highest BCUT2D eigenvalue weighted by atomic mass is 35.7. The summed E-state index contributed by atoms with van der Waals surface area (Å²) >= 11 is 0. The predicted octanol–water partition coefficient (Wildman–Crippen LogP) is 1.17. The summed E-state index contributed by atoms with van der Waals surface area (Å²) < 4.78 is 20.6. The van der Waals surface area contributed by atoms with Crippen molar-refractivity contribution in [3.8, 4) is 0 Å². The first-order valence-corrected chi connectivity index (χ1v) is 4.58. The second-order valence-electron chi connectivity index (χ2n) is 1.57. The Labute approximate surface area is 54.3 Å². The molecule has 0 aromatic rings. The molecule has 0 rings (SSSR count). The monoisotopic (exact) mass is 155 g/mol. The third-order valence-electron chi connectivity index (χ3n) is 0.887. The molecule has 8 heavy (non-hydrogen) atoms. The normalized spacial score (nSPS) is 15.9. The van der Waals surface area contributed by atoms with Crippen LogP contribution in [-0.4, -0.2) is 13.7 Å². The molecule has 0 saturated carbocycles. The Hall–Kier alpha value is 0.240. The van der Waals surface area contributed by atoms with Gasteiger partial charge >= 0.3 is 0 Å². The molecule has 2 nitrogen and oxygen atoms in total. The van der Waals surface area contributed by atoms with Gasteiger partial charge in [0.2, 0.25) is 9.05 Å². The first-order chi connectivity index (χ1) is 3.48. The van der Waals surface area contributed by atoms with Crippen LogP contribution >= 0.6 is 10.7 Å². The topological polar surface area (TPSA) is 34.1 Å². The highest BCUT2D eigenvalue weighted by Gasteiger charge is 2.13. The first kappa shape index (κ1) is 8.24. The molecule has 0 aliphatic heterocycles. The van der Waals surface area contributed by atoms with Crippen molar-refractivity contribution in [1.82, 2.24) is 0 Å². The van der Waals surface area contributed by atoms with Crippen LogP contribution in [0.1, 0.15) is 13.3 Å². The molecule has 0 spiro atoms. The van der Waals surface area contributed by atoms with Crippen molar-refractivity contribution in [2.24, 2.45) is 0 Å². The van der Waals surface area contributed by atoms with Crippen molar-refractivity contribution in [2.75, 3.05) is 0 Å². The Bertz CT molecular complexity index is 149. The maximum absolute atomic E-state index is 10.3. The lowest BCUT2D eigenvalue weighted by Gasteiger charge is -1.99. The largest absolute Gasteiger partial charge is 0.235 e. The SMILES string of the molecule is [CH2]CC(C)S(=O)(=O)Cl. The van der Waals surface area contributed by atoms with Gasteiger partial charge in [0, 0.05) is 10.7 Å². The van der Waals surface area contributed by atoms with Crippen LogP contribution in [0.2, 0.25) is 0 Å². The Morgan fingerprint density at radius 1 is 1.75 bits per heavy atom. The molecule has 1 unspecified atom stereocenters. The lowest BCUT2D eigenvalue weighted by atomic mass is 10.4. The smallest absolute Gasteiger partial charge is 0.212 e. The molecular weight excluding hydrogens is 148 g/mol. The van der Waals surface area contributed by atoms with Crippen molar-refractivity contribution < 1.29 is 8.42 Å². The molecule has 0 aliphatic carbocycles. The molecule has 0 aliphatic rings. The molecule has 49 valence electrons. The highest BCUT2D eigenvalue weighted by Crippen LogP contribution is 2.08. The number of hydrogen-bond acceptors (Lipinski definition) is 2. The van der Waals surface area contributed by atoms with Crippen LogP contribution in [0.3, 0.4) is 0 Å². The van der Waals surface area contributed by atoms with E-state index in [-0.39, 0.29) is 0 Å². The molecule has 4 heteroatoms. The van der Waals surface area contributed by atoms with E-state index in [2.05, 4.69) is 6.92 Å². The van der Waals surface area contributed by atoms with E-state index in [1.165, 1.54) is 6.92 Å². The van der Waals surface area contributed by atoms with Crippen molar-refractivity contribution >= 4 is 19.7 Å². The second kappa shape index (κ2) is 2.69. The van der Waals surface area contributed by atoms with Crippen molar-refractivity contribution in [1.29, 1.82) is 0 Å². The average molecular weight is 156 g/mol. The number of rotatable bonds is 2. The molecule has 0 fully saturated rings. The predicted molar refractivity (Wildman–Crippen MR) is 34.2 cm³/mol. The van der Waals surface area contributed by atoms with Gasteiger partial charge in [-0.15, -0.1) is 0 Å². The minimum Gasteiger partial charge on any atom is -0.212 e. The molecule has 0 heterocycles. The third kappa shape index (κ3) is 2.52. The first-order valence-electron chi connectivity index (χ1n) is 2.21. The van der Waals surface area contributed by atoms with Gasteiger partial charge in [-0.1, -0.05) is 6.92 Å². The molecule has 0 aromatic heterocycles. The van der Waals surface area contributed by atoms with Gasteiger partial charge in [0.05, 0.1) is 5.25 Å². The number of halogens is 1. The Balaban J connectivity index is 4.04. The molecular formula is C4H8ClO2S. The van der Waals surface area contributed by atoms with Crippen molar-refractivity contribution in [3.63, 3.8) is 0 Å². The van der Waals surface area contributed by atoms with Crippen LogP contribution < -0.4 is 0 Å².